The van der Waals surface area contributed by atoms with Gasteiger partial charge in [0, 0.05) is 23.8 Å². The molecule has 0 bridgehead atoms. The van der Waals surface area contributed by atoms with E-state index in [4.69, 9.17) is 20.3 Å². The van der Waals surface area contributed by atoms with Crippen LogP contribution in [0.25, 0.3) is 23.4 Å². The van der Waals surface area contributed by atoms with Crippen LogP contribution < -0.4 is 0 Å². The molecule has 142 valence electrons. The van der Waals surface area contributed by atoms with Gasteiger partial charge in [0.1, 0.15) is 0 Å². The van der Waals surface area contributed by atoms with Gasteiger partial charge in [-0.25, -0.2) is 4.79 Å². The highest BCUT2D eigenvalue weighted by atomic mass is 16.5. The highest BCUT2D eigenvalue weighted by Gasteiger charge is 2.18. The van der Waals surface area contributed by atoms with E-state index >= 15 is 0 Å². The van der Waals surface area contributed by atoms with Crippen LogP contribution >= 0.6 is 0 Å². The monoisotopic (exact) mass is 375 g/mol. The van der Waals surface area contributed by atoms with E-state index < -0.39 is 12.3 Å². The summed E-state index contributed by atoms with van der Waals surface area (Å²) in [6.07, 6.45) is 4.93. The molecule has 3 rings (SSSR count). The molecular weight excluding hydrogens is 354 g/mol. The summed E-state index contributed by atoms with van der Waals surface area (Å²) in [5.41, 5.74) is 6.81. The Kier molecular flexibility index (Phi) is 5.99. The molecule has 0 saturated heterocycles. The molecule has 0 saturated carbocycles. The molecule has 0 fully saturated rings. The fraction of sp³-hybridized carbons (Fsp3) is 0.130. The van der Waals surface area contributed by atoms with Crippen LogP contribution in [0.3, 0.4) is 0 Å². The van der Waals surface area contributed by atoms with Gasteiger partial charge in [-0.15, -0.1) is 0 Å². The molecule has 1 heterocycles. The maximum atomic E-state index is 10.6. The van der Waals surface area contributed by atoms with Gasteiger partial charge in [-0.1, -0.05) is 54.6 Å². The van der Waals surface area contributed by atoms with Crippen molar-refractivity contribution in [2.45, 2.75) is 19.6 Å². The first-order valence-corrected chi connectivity index (χ1v) is 8.86. The van der Waals surface area contributed by atoms with Gasteiger partial charge >= 0.3 is 5.97 Å². The first kappa shape index (κ1) is 19.5. The molecule has 0 unspecified atom stereocenters. The van der Waals surface area contributed by atoms with E-state index in [2.05, 4.69) is 0 Å². The minimum Gasteiger partial charge on any atom is -0.478 e. The molecule has 1 aliphatic rings. The van der Waals surface area contributed by atoms with Crippen molar-refractivity contribution in [2.75, 3.05) is 0 Å². The van der Waals surface area contributed by atoms with Crippen LogP contribution in [0.5, 0.6) is 0 Å². The SMILES string of the molecule is CC1=NC(c2ccc(/C=C/C(O)O)cc2)=C(c2ccc(/C=C/C(=O)O)cc2)C1. The lowest BCUT2D eigenvalue weighted by molar-refractivity contribution is -0.131. The Morgan fingerprint density at radius 2 is 1.54 bits per heavy atom. The van der Waals surface area contributed by atoms with E-state index in [1.165, 1.54) is 6.08 Å². The average Bonchev–Trinajstić information content (AvgIpc) is 3.07. The fourth-order valence-corrected chi connectivity index (χ4v) is 3.03. The van der Waals surface area contributed by atoms with Crippen LogP contribution in [0.1, 0.15) is 35.6 Å². The first-order valence-electron chi connectivity index (χ1n) is 8.86. The summed E-state index contributed by atoms with van der Waals surface area (Å²) in [5.74, 6) is -0.972. The third-order valence-electron chi connectivity index (χ3n) is 4.34. The first-order chi connectivity index (χ1) is 13.4. The Labute approximate surface area is 163 Å². The summed E-state index contributed by atoms with van der Waals surface area (Å²) in [7, 11) is 0. The largest absolute Gasteiger partial charge is 0.478 e. The van der Waals surface area contributed by atoms with Gasteiger partial charge in [0.25, 0.3) is 0 Å². The van der Waals surface area contributed by atoms with Crippen molar-refractivity contribution in [3.63, 3.8) is 0 Å². The zero-order chi connectivity index (χ0) is 20.1. The Hall–Kier alpha value is -3.28. The van der Waals surface area contributed by atoms with Gasteiger partial charge in [-0.05, 0) is 41.3 Å². The summed E-state index contributed by atoms with van der Waals surface area (Å²) < 4.78 is 0. The number of aliphatic hydroxyl groups is 2. The summed E-state index contributed by atoms with van der Waals surface area (Å²) in [6.45, 7) is 2.00. The lowest BCUT2D eigenvalue weighted by atomic mass is 9.96. The van der Waals surface area contributed by atoms with Crippen molar-refractivity contribution in [1.82, 2.24) is 0 Å². The molecule has 3 N–H and O–H groups in total. The van der Waals surface area contributed by atoms with Gasteiger partial charge < -0.3 is 15.3 Å². The lowest BCUT2D eigenvalue weighted by Gasteiger charge is -2.08. The van der Waals surface area contributed by atoms with E-state index in [0.717, 1.165) is 51.7 Å². The molecule has 0 atom stereocenters. The number of hydrogen-bond donors (Lipinski definition) is 3. The van der Waals surface area contributed by atoms with Gasteiger partial charge in [0.15, 0.2) is 6.29 Å². The van der Waals surface area contributed by atoms with Crippen molar-refractivity contribution in [2.24, 2.45) is 4.99 Å². The fourth-order valence-electron chi connectivity index (χ4n) is 3.03. The molecule has 5 nitrogen and oxygen atoms in total. The summed E-state index contributed by atoms with van der Waals surface area (Å²) in [6, 6.07) is 15.5. The van der Waals surface area contributed by atoms with Crippen LogP contribution in [0.15, 0.2) is 65.7 Å². The van der Waals surface area contributed by atoms with E-state index in [1.54, 1.807) is 12.2 Å². The smallest absolute Gasteiger partial charge is 0.328 e. The molecule has 1 aliphatic heterocycles. The normalized spacial score (nSPS) is 14.5. The number of allylic oxidation sites excluding steroid dienone is 1. The Morgan fingerprint density at radius 3 is 2.11 bits per heavy atom. The molecule has 2 aromatic carbocycles. The highest BCUT2D eigenvalue weighted by Crippen LogP contribution is 2.35. The zero-order valence-corrected chi connectivity index (χ0v) is 15.4. The third kappa shape index (κ3) is 4.91. The Bertz CT molecular complexity index is 978. The predicted octanol–water partition coefficient (Wildman–Crippen LogP) is 3.84. The van der Waals surface area contributed by atoms with Gasteiger partial charge in [-0.2, -0.15) is 0 Å². The molecule has 0 radical (unpaired) electrons. The van der Waals surface area contributed by atoms with Gasteiger partial charge in [-0.3, -0.25) is 4.99 Å². The van der Waals surface area contributed by atoms with Crippen LogP contribution in [-0.4, -0.2) is 33.3 Å². The van der Waals surface area contributed by atoms with Crippen LogP contribution in [0.4, 0.5) is 0 Å². The van der Waals surface area contributed by atoms with Crippen LogP contribution in [0.2, 0.25) is 0 Å². The predicted molar refractivity (Wildman–Crippen MR) is 111 cm³/mol. The van der Waals surface area contributed by atoms with E-state index in [1.807, 2.05) is 55.5 Å². The number of hydrogen-bond acceptors (Lipinski definition) is 4. The van der Waals surface area contributed by atoms with Crippen molar-refractivity contribution in [1.29, 1.82) is 0 Å². The number of aliphatic hydroxyl groups excluding tert-OH is 1. The Balaban J connectivity index is 1.89. The molecule has 5 heteroatoms. The van der Waals surface area contributed by atoms with Crippen molar-refractivity contribution in [3.8, 4) is 0 Å². The minimum atomic E-state index is -1.47. The van der Waals surface area contributed by atoms with E-state index in [0.29, 0.717) is 0 Å². The summed E-state index contributed by atoms with van der Waals surface area (Å²) in [5, 5.41) is 26.6. The molecule has 0 aromatic heterocycles. The molecule has 0 aliphatic carbocycles. The molecular formula is C23H21NO4. The summed E-state index contributed by atoms with van der Waals surface area (Å²) in [4.78, 5) is 15.4. The maximum Gasteiger partial charge on any atom is 0.328 e. The second-order valence-corrected chi connectivity index (χ2v) is 6.54. The highest BCUT2D eigenvalue weighted by molar-refractivity contribution is 6.09. The van der Waals surface area contributed by atoms with Crippen molar-refractivity contribution in [3.05, 3.63) is 82.9 Å². The van der Waals surface area contributed by atoms with Crippen molar-refractivity contribution < 1.29 is 20.1 Å². The Morgan fingerprint density at radius 1 is 0.964 bits per heavy atom. The quantitative estimate of drug-likeness (QED) is 0.528. The molecule has 0 spiro atoms. The van der Waals surface area contributed by atoms with Gasteiger partial charge in [0.2, 0.25) is 0 Å². The average molecular weight is 375 g/mol. The second-order valence-electron chi connectivity index (χ2n) is 6.54. The number of rotatable bonds is 6. The van der Waals surface area contributed by atoms with E-state index in [-0.39, 0.29) is 0 Å². The number of carbonyl (C=O) groups is 1. The third-order valence-corrected chi connectivity index (χ3v) is 4.34. The number of carboxylic acid groups (broad SMARTS) is 1. The van der Waals surface area contributed by atoms with Gasteiger partial charge in [0.05, 0.1) is 5.70 Å². The summed E-state index contributed by atoms with van der Waals surface area (Å²) >= 11 is 0. The molecule has 2 aromatic rings. The maximum absolute atomic E-state index is 10.6. The number of carboxylic acids is 1. The minimum absolute atomic E-state index is 0.762. The second kappa shape index (κ2) is 8.61. The lowest BCUT2D eigenvalue weighted by Crippen LogP contribution is -1.96. The van der Waals surface area contributed by atoms with Crippen molar-refractivity contribution >= 4 is 35.1 Å². The number of aliphatic imine (C=N–C) groups is 1. The number of nitrogens with zero attached hydrogens (tertiary/aromatic N) is 1. The van der Waals surface area contributed by atoms with Crippen LogP contribution in [0, 0.1) is 0 Å². The van der Waals surface area contributed by atoms with E-state index in [9.17, 15) is 4.79 Å². The number of aliphatic carboxylic acids is 1. The number of benzene rings is 2. The topological polar surface area (TPSA) is 90.1 Å². The molecule has 28 heavy (non-hydrogen) atoms. The van der Waals surface area contributed by atoms with Crippen LogP contribution in [-0.2, 0) is 4.79 Å². The zero-order valence-electron chi connectivity index (χ0n) is 15.4. The standard InChI is InChI=1S/C23H21NO4/c1-15-14-20(18-8-2-16(3-9-18)6-12-21(25)26)23(24-15)19-10-4-17(5-11-19)7-13-22(27)28/h2-13,22,27-28H,14H2,1H3,(H,25,26)/b12-6+,13-7+. The molecule has 0 amide bonds.